The number of furan rings is 1. The van der Waals surface area contributed by atoms with Crippen LogP contribution in [0, 0.1) is 5.92 Å². The highest BCUT2D eigenvalue weighted by Gasteiger charge is 2.19. The van der Waals surface area contributed by atoms with Crippen LogP contribution < -0.4 is 0 Å². The van der Waals surface area contributed by atoms with Gasteiger partial charge in [-0.1, -0.05) is 62.4 Å². The number of hydrogen-bond acceptors (Lipinski definition) is 1. The van der Waals surface area contributed by atoms with E-state index < -0.39 is 0 Å². The van der Waals surface area contributed by atoms with Crippen LogP contribution >= 0.6 is 0 Å². The average Bonchev–Trinajstić information content (AvgIpc) is 2.89. The quantitative estimate of drug-likeness (QED) is 0.597. The smallest absolute Gasteiger partial charge is 0.134 e. The van der Waals surface area contributed by atoms with Crippen molar-refractivity contribution in [3.63, 3.8) is 0 Å². The normalized spacial score (nSPS) is 12.9. The highest BCUT2D eigenvalue weighted by molar-refractivity contribution is 5.78. The maximum atomic E-state index is 6.09. The third kappa shape index (κ3) is 2.62. The first kappa shape index (κ1) is 13.0. The van der Waals surface area contributed by atoms with E-state index in [4.69, 9.17) is 4.42 Å². The summed E-state index contributed by atoms with van der Waals surface area (Å²) >= 11 is 0. The highest BCUT2D eigenvalue weighted by Crippen LogP contribution is 2.34. The van der Waals surface area contributed by atoms with Crippen molar-refractivity contribution >= 4 is 11.0 Å². The van der Waals surface area contributed by atoms with Gasteiger partial charge in [0.25, 0.3) is 0 Å². The molecule has 0 saturated heterocycles. The summed E-state index contributed by atoms with van der Waals surface area (Å²) in [7, 11) is 0. The van der Waals surface area contributed by atoms with Crippen LogP contribution in [0.2, 0.25) is 0 Å². The topological polar surface area (TPSA) is 13.1 Å². The van der Waals surface area contributed by atoms with E-state index in [1.807, 2.05) is 12.1 Å². The molecular formula is C19H20O. The first-order chi connectivity index (χ1) is 9.74. The van der Waals surface area contributed by atoms with Crippen molar-refractivity contribution < 1.29 is 4.42 Å². The molecule has 0 aliphatic carbocycles. The van der Waals surface area contributed by atoms with E-state index in [2.05, 4.69) is 62.4 Å². The molecule has 1 nitrogen and oxygen atoms in total. The van der Waals surface area contributed by atoms with E-state index in [1.54, 1.807) is 0 Å². The van der Waals surface area contributed by atoms with Crippen LogP contribution in [0.5, 0.6) is 0 Å². The molecule has 1 aromatic heterocycles. The Morgan fingerprint density at radius 3 is 2.30 bits per heavy atom. The van der Waals surface area contributed by atoms with E-state index in [-0.39, 0.29) is 0 Å². The summed E-state index contributed by atoms with van der Waals surface area (Å²) in [5.74, 6) is 2.04. The Hall–Kier alpha value is -2.02. The number of para-hydroxylation sites is 1. The van der Waals surface area contributed by atoms with Crippen molar-refractivity contribution in [1.29, 1.82) is 0 Å². The standard InChI is InChI=1S/C19H20O/c1-14(2)12-17(15-8-4-3-5-9-15)19-13-16-10-6-7-11-18(16)20-19/h3-11,13-14,17H,12H2,1-2H3/t17-/m1/s1. The lowest BCUT2D eigenvalue weighted by molar-refractivity contribution is 0.459. The molecule has 0 amide bonds. The largest absolute Gasteiger partial charge is 0.460 e. The van der Waals surface area contributed by atoms with Gasteiger partial charge in [0.2, 0.25) is 0 Å². The summed E-state index contributed by atoms with van der Waals surface area (Å²) in [5, 5.41) is 1.19. The summed E-state index contributed by atoms with van der Waals surface area (Å²) in [4.78, 5) is 0. The lowest BCUT2D eigenvalue weighted by Gasteiger charge is -2.17. The zero-order valence-corrected chi connectivity index (χ0v) is 12.0. The Labute approximate surface area is 120 Å². The van der Waals surface area contributed by atoms with Crippen LogP contribution in [-0.2, 0) is 0 Å². The molecule has 0 fully saturated rings. The Kier molecular flexibility index (Phi) is 3.60. The van der Waals surface area contributed by atoms with Gasteiger partial charge in [-0.05, 0) is 30.0 Å². The van der Waals surface area contributed by atoms with Gasteiger partial charge >= 0.3 is 0 Å². The van der Waals surface area contributed by atoms with Crippen LogP contribution in [0.1, 0.15) is 37.5 Å². The van der Waals surface area contributed by atoms with E-state index in [0.717, 1.165) is 17.8 Å². The summed E-state index contributed by atoms with van der Waals surface area (Å²) < 4.78 is 6.09. The summed E-state index contributed by atoms with van der Waals surface area (Å²) in [6.07, 6.45) is 1.10. The van der Waals surface area contributed by atoms with E-state index in [0.29, 0.717) is 11.8 Å². The fourth-order valence-corrected chi connectivity index (χ4v) is 2.75. The first-order valence-corrected chi connectivity index (χ1v) is 7.27. The van der Waals surface area contributed by atoms with Crippen molar-refractivity contribution in [2.45, 2.75) is 26.2 Å². The van der Waals surface area contributed by atoms with Gasteiger partial charge in [-0.2, -0.15) is 0 Å². The Morgan fingerprint density at radius 2 is 1.60 bits per heavy atom. The monoisotopic (exact) mass is 264 g/mol. The van der Waals surface area contributed by atoms with Gasteiger partial charge in [-0.15, -0.1) is 0 Å². The molecule has 1 heterocycles. The van der Waals surface area contributed by atoms with Crippen LogP contribution in [0.3, 0.4) is 0 Å². The molecule has 2 aromatic carbocycles. The number of benzene rings is 2. The molecule has 102 valence electrons. The molecule has 0 aliphatic rings. The van der Waals surface area contributed by atoms with Gasteiger partial charge in [0.05, 0.1) is 0 Å². The molecule has 0 radical (unpaired) electrons. The highest BCUT2D eigenvalue weighted by atomic mass is 16.3. The van der Waals surface area contributed by atoms with Gasteiger partial charge < -0.3 is 4.42 Å². The predicted molar refractivity (Wildman–Crippen MR) is 84.0 cm³/mol. The van der Waals surface area contributed by atoms with Crippen molar-refractivity contribution in [3.05, 3.63) is 72.0 Å². The molecule has 0 bridgehead atoms. The van der Waals surface area contributed by atoms with Crippen molar-refractivity contribution in [1.82, 2.24) is 0 Å². The third-order valence-corrected chi connectivity index (χ3v) is 3.70. The molecule has 3 aromatic rings. The molecule has 0 unspecified atom stereocenters. The van der Waals surface area contributed by atoms with Crippen LogP contribution in [0.4, 0.5) is 0 Å². The molecule has 20 heavy (non-hydrogen) atoms. The number of rotatable bonds is 4. The zero-order chi connectivity index (χ0) is 13.9. The van der Waals surface area contributed by atoms with E-state index >= 15 is 0 Å². The molecule has 3 rings (SSSR count). The molecule has 1 atom stereocenters. The first-order valence-electron chi connectivity index (χ1n) is 7.27. The van der Waals surface area contributed by atoms with Crippen molar-refractivity contribution in [3.8, 4) is 0 Å². The summed E-state index contributed by atoms with van der Waals surface area (Å²) in [5.41, 5.74) is 2.31. The molecule has 0 aliphatic heterocycles. The van der Waals surface area contributed by atoms with Gasteiger partial charge in [-0.3, -0.25) is 0 Å². The van der Waals surface area contributed by atoms with Gasteiger partial charge in [-0.25, -0.2) is 0 Å². The Morgan fingerprint density at radius 1 is 0.900 bits per heavy atom. The van der Waals surface area contributed by atoms with E-state index in [1.165, 1.54) is 10.9 Å². The summed E-state index contributed by atoms with van der Waals surface area (Å²) in [6.45, 7) is 4.52. The minimum Gasteiger partial charge on any atom is -0.460 e. The lowest BCUT2D eigenvalue weighted by Crippen LogP contribution is -2.03. The third-order valence-electron chi connectivity index (χ3n) is 3.70. The molecule has 0 saturated carbocycles. The second-order valence-electron chi connectivity index (χ2n) is 5.78. The zero-order valence-electron chi connectivity index (χ0n) is 12.0. The van der Waals surface area contributed by atoms with Gasteiger partial charge in [0, 0.05) is 11.3 Å². The van der Waals surface area contributed by atoms with Crippen LogP contribution in [-0.4, -0.2) is 0 Å². The molecule has 1 heteroatoms. The second-order valence-corrected chi connectivity index (χ2v) is 5.78. The van der Waals surface area contributed by atoms with Crippen LogP contribution in [0.25, 0.3) is 11.0 Å². The van der Waals surface area contributed by atoms with Crippen molar-refractivity contribution in [2.24, 2.45) is 5.92 Å². The fourth-order valence-electron chi connectivity index (χ4n) is 2.75. The summed E-state index contributed by atoms with van der Waals surface area (Å²) in [6, 6.07) is 21.1. The fraction of sp³-hybridized carbons (Fsp3) is 0.263. The minimum atomic E-state index is 0.337. The predicted octanol–water partition coefficient (Wildman–Crippen LogP) is 5.61. The van der Waals surface area contributed by atoms with E-state index in [9.17, 15) is 0 Å². The van der Waals surface area contributed by atoms with Crippen LogP contribution in [0.15, 0.2) is 65.1 Å². The SMILES string of the molecule is CC(C)C[C@H](c1ccccc1)c1cc2ccccc2o1. The molecular weight excluding hydrogens is 244 g/mol. The number of fused-ring (bicyclic) bond motifs is 1. The maximum Gasteiger partial charge on any atom is 0.134 e. The lowest BCUT2D eigenvalue weighted by atomic mass is 9.88. The Balaban J connectivity index is 2.04. The number of hydrogen-bond donors (Lipinski definition) is 0. The average molecular weight is 264 g/mol. The maximum absolute atomic E-state index is 6.09. The minimum absolute atomic E-state index is 0.337. The molecule has 0 N–H and O–H groups in total. The second kappa shape index (κ2) is 5.54. The molecule has 0 spiro atoms. The van der Waals surface area contributed by atoms with Gasteiger partial charge in [0.15, 0.2) is 0 Å². The van der Waals surface area contributed by atoms with Gasteiger partial charge in [0.1, 0.15) is 11.3 Å². The Bertz CT molecular complexity index is 646. The van der Waals surface area contributed by atoms with Crippen molar-refractivity contribution in [2.75, 3.05) is 0 Å².